The normalized spacial score (nSPS) is 19.5. The lowest BCUT2D eigenvalue weighted by molar-refractivity contribution is -0.136. The van der Waals surface area contributed by atoms with Crippen LogP contribution in [0.25, 0.3) is 11.4 Å². The molecule has 2 aromatic rings. The van der Waals surface area contributed by atoms with Gasteiger partial charge in [0.05, 0.1) is 12.4 Å². The van der Waals surface area contributed by atoms with E-state index in [2.05, 4.69) is 15.3 Å². The standard InChI is InChI=1S/C19H21FN4O2/c1-11-4-6-15(8-16(11)18-21-9-14(20)10-22-18)23-19(26)17-7-5-12(2)24(17)13(3)25/h4,6,8-10,12,17H,5,7H2,1-3H3,(H,23,26)/t12-,17-/m0/s1. The molecule has 2 atom stereocenters. The average molecular weight is 356 g/mol. The van der Waals surface area contributed by atoms with Crippen molar-refractivity contribution in [1.29, 1.82) is 0 Å². The highest BCUT2D eigenvalue weighted by Crippen LogP contribution is 2.27. The monoisotopic (exact) mass is 356 g/mol. The highest BCUT2D eigenvalue weighted by atomic mass is 19.1. The predicted octanol–water partition coefficient (Wildman–Crippen LogP) is 2.93. The number of anilines is 1. The van der Waals surface area contributed by atoms with Gasteiger partial charge in [-0.3, -0.25) is 9.59 Å². The van der Waals surface area contributed by atoms with Gasteiger partial charge in [-0.25, -0.2) is 14.4 Å². The molecule has 1 aromatic heterocycles. The summed E-state index contributed by atoms with van der Waals surface area (Å²) in [4.78, 5) is 34.1. The number of carbonyl (C=O) groups is 2. The van der Waals surface area contributed by atoms with Gasteiger partial charge in [0.2, 0.25) is 11.8 Å². The fraction of sp³-hybridized carbons (Fsp3) is 0.368. The lowest BCUT2D eigenvalue weighted by Crippen LogP contribution is -2.45. The van der Waals surface area contributed by atoms with Crippen LogP contribution >= 0.6 is 0 Å². The van der Waals surface area contributed by atoms with Gasteiger partial charge in [-0.2, -0.15) is 0 Å². The molecule has 0 unspecified atom stereocenters. The van der Waals surface area contributed by atoms with Gasteiger partial charge in [-0.1, -0.05) is 6.07 Å². The van der Waals surface area contributed by atoms with Crippen molar-refractivity contribution in [3.63, 3.8) is 0 Å². The van der Waals surface area contributed by atoms with Crippen LogP contribution in [0.5, 0.6) is 0 Å². The zero-order chi connectivity index (χ0) is 18.8. The van der Waals surface area contributed by atoms with E-state index in [-0.39, 0.29) is 17.9 Å². The van der Waals surface area contributed by atoms with Crippen molar-refractivity contribution in [2.75, 3.05) is 5.32 Å². The molecule has 3 rings (SSSR count). The molecule has 0 spiro atoms. The number of halogens is 1. The fourth-order valence-electron chi connectivity index (χ4n) is 3.39. The minimum Gasteiger partial charge on any atom is -0.328 e. The maximum absolute atomic E-state index is 13.0. The van der Waals surface area contributed by atoms with E-state index in [0.29, 0.717) is 23.5 Å². The molecule has 136 valence electrons. The van der Waals surface area contributed by atoms with E-state index in [1.807, 2.05) is 19.9 Å². The molecule has 1 aromatic carbocycles. The fourth-order valence-corrected chi connectivity index (χ4v) is 3.39. The minimum atomic E-state index is -0.504. The number of hydrogen-bond donors (Lipinski definition) is 1. The van der Waals surface area contributed by atoms with E-state index in [1.54, 1.807) is 17.0 Å². The van der Waals surface area contributed by atoms with Crippen molar-refractivity contribution in [1.82, 2.24) is 14.9 Å². The molecule has 0 bridgehead atoms. The molecule has 1 aliphatic rings. The van der Waals surface area contributed by atoms with Crippen molar-refractivity contribution >= 4 is 17.5 Å². The van der Waals surface area contributed by atoms with Gasteiger partial charge in [0.25, 0.3) is 0 Å². The Labute approximate surface area is 151 Å². The summed E-state index contributed by atoms with van der Waals surface area (Å²) in [6, 6.07) is 4.99. The lowest BCUT2D eigenvalue weighted by atomic mass is 10.1. The quantitative estimate of drug-likeness (QED) is 0.917. The van der Waals surface area contributed by atoms with E-state index in [1.165, 1.54) is 6.92 Å². The molecule has 7 heteroatoms. The molecule has 1 aliphatic heterocycles. The zero-order valence-corrected chi connectivity index (χ0v) is 15.0. The summed E-state index contributed by atoms with van der Waals surface area (Å²) in [6.07, 6.45) is 3.67. The third kappa shape index (κ3) is 3.56. The van der Waals surface area contributed by atoms with Gasteiger partial charge in [-0.15, -0.1) is 0 Å². The summed E-state index contributed by atoms with van der Waals surface area (Å²) in [6.45, 7) is 5.33. The highest BCUT2D eigenvalue weighted by Gasteiger charge is 2.37. The van der Waals surface area contributed by atoms with Crippen LogP contribution in [-0.4, -0.2) is 38.8 Å². The Morgan fingerprint density at radius 1 is 1.23 bits per heavy atom. The maximum atomic E-state index is 13.0. The first-order valence-corrected chi connectivity index (χ1v) is 8.55. The summed E-state index contributed by atoms with van der Waals surface area (Å²) >= 11 is 0. The Morgan fingerprint density at radius 2 is 1.92 bits per heavy atom. The second-order valence-electron chi connectivity index (χ2n) is 6.61. The topological polar surface area (TPSA) is 75.2 Å². The van der Waals surface area contributed by atoms with Crippen LogP contribution in [0.15, 0.2) is 30.6 Å². The molecule has 2 heterocycles. The van der Waals surface area contributed by atoms with Gasteiger partial charge in [0.1, 0.15) is 6.04 Å². The smallest absolute Gasteiger partial charge is 0.247 e. The van der Waals surface area contributed by atoms with E-state index >= 15 is 0 Å². The van der Waals surface area contributed by atoms with Crippen LogP contribution in [0.2, 0.25) is 0 Å². The number of benzene rings is 1. The Bertz CT molecular complexity index is 838. The number of amides is 2. The lowest BCUT2D eigenvalue weighted by Gasteiger charge is -2.26. The Balaban J connectivity index is 1.82. The molecular formula is C19H21FN4O2. The van der Waals surface area contributed by atoms with Crippen LogP contribution in [0.3, 0.4) is 0 Å². The second kappa shape index (κ2) is 7.19. The number of aryl methyl sites for hydroxylation is 1. The van der Waals surface area contributed by atoms with Crippen LogP contribution in [0.4, 0.5) is 10.1 Å². The highest BCUT2D eigenvalue weighted by molar-refractivity contribution is 5.97. The zero-order valence-electron chi connectivity index (χ0n) is 15.0. The first kappa shape index (κ1) is 18.0. The van der Waals surface area contributed by atoms with Crippen molar-refractivity contribution in [2.24, 2.45) is 0 Å². The summed E-state index contributed by atoms with van der Waals surface area (Å²) in [7, 11) is 0. The number of likely N-dealkylation sites (tertiary alicyclic amines) is 1. The minimum absolute atomic E-state index is 0.0597. The summed E-state index contributed by atoms with van der Waals surface area (Å²) in [5, 5.41) is 2.88. The number of nitrogens with one attached hydrogen (secondary N) is 1. The van der Waals surface area contributed by atoms with E-state index in [9.17, 15) is 14.0 Å². The number of carbonyl (C=O) groups excluding carboxylic acids is 2. The summed E-state index contributed by atoms with van der Waals surface area (Å²) < 4.78 is 13.0. The number of hydrogen-bond acceptors (Lipinski definition) is 4. The van der Waals surface area contributed by atoms with E-state index < -0.39 is 11.9 Å². The van der Waals surface area contributed by atoms with Crippen molar-refractivity contribution < 1.29 is 14.0 Å². The third-order valence-electron chi connectivity index (χ3n) is 4.70. The SMILES string of the molecule is CC(=O)N1[C@@H](C)CC[C@H]1C(=O)Nc1ccc(C)c(-c2ncc(F)cn2)c1. The Hall–Kier alpha value is -2.83. The van der Waals surface area contributed by atoms with E-state index in [0.717, 1.165) is 24.4 Å². The Kier molecular flexibility index (Phi) is 4.97. The molecule has 0 radical (unpaired) electrons. The number of aromatic nitrogens is 2. The predicted molar refractivity (Wildman–Crippen MR) is 95.8 cm³/mol. The number of rotatable bonds is 3. The third-order valence-corrected chi connectivity index (χ3v) is 4.70. The number of nitrogens with zero attached hydrogens (tertiary/aromatic N) is 3. The largest absolute Gasteiger partial charge is 0.328 e. The van der Waals surface area contributed by atoms with Gasteiger partial charge < -0.3 is 10.2 Å². The van der Waals surface area contributed by atoms with Gasteiger partial charge in [0, 0.05) is 24.2 Å². The molecule has 1 saturated heterocycles. The molecule has 2 amide bonds. The van der Waals surface area contributed by atoms with Crippen LogP contribution in [0, 0.1) is 12.7 Å². The van der Waals surface area contributed by atoms with Crippen molar-refractivity contribution in [2.45, 2.75) is 45.7 Å². The second-order valence-corrected chi connectivity index (χ2v) is 6.61. The van der Waals surface area contributed by atoms with Crippen molar-refractivity contribution in [3.05, 3.63) is 42.0 Å². The Morgan fingerprint density at radius 3 is 2.58 bits per heavy atom. The molecule has 1 fully saturated rings. The van der Waals surface area contributed by atoms with Crippen molar-refractivity contribution in [3.8, 4) is 11.4 Å². The molecular weight excluding hydrogens is 335 g/mol. The van der Waals surface area contributed by atoms with Crippen LogP contribution < -0.4 is 5.32 Å². The van der Waals surface area contributed by atoms with Crippen LogP contribution in [-0.2, 0) is 9.59 Å². The summed E-state index contributed by atoms with van der Waals surface area (Å²) in [5.74, 6) is -0.422. The van der Waals surface area contributed by atoms with Crippen LogP contribution in [0.1, 0.15) is 32.3 Å². The molecule has 0 saturated carbocycles. The molecule has 1 N–H and O–H groups in total. The molecule has 0 aliphatic carbocycles. The maximum Gasteiger partial charge on any atom is 0.247 e. The first-order chi connectivity index (χ1) is 12.4. The molecule has 6 nitrogen and oxygen atoms in total. The first-order valence-electron chi connectivity index (χ1n) is 8.55. The average Bonchev–Trinajstić information content (AvgIpc) is 2.99. The summed E-state index contributed by atoms with van der Waals surface area (Å²) in [5.41, 5.74) is 2.21. The van der Waals surface area contributed by atoms with Gasteiger partial charge >= 0.3 is 0 Å². The van der Waals surface area contributed by atoms with E-state index in [4.69, 9.17) is 0 Å². The van der Waals surface area contributed by atoms with Gasteiger partial charge in [0.15, 0.2) is 11.6 Å². The molecule has 26 heavy (non-hydrogen) atoms. The van der Waals surface area contributed by atoms with Gasteiger partial charge in [-0.05, 0) is 44.4 Å².